The second-order valence-corrected chi connectivity index (χ2v) is 4.90. The molecular formula is C15H19FN2O. The van der Waals surface area contributed by atoms with Crippen LogP contribution in [0.25, 0.3) is 0 Å². The average Bonchev–Trinajstić information content (AvgIpc) is 2.38. The molecule has 0 saturated carbocycles. The molecule has 3 nitrogen and oxygen atoms in total. The number of nitrogens with zero attached hydrogens (tertiary/aromatic N) is 1. The Kier molecular flexibility index (Phi) is 4.32. The lowest BCUT2D eigenvalue weighted by Crippen LogP contribution is -2.49. The smallest absolute Gasteiger partial charge is 0.246 e. The maximum absolute atomic E-state index is 13.2. The first-order chi connectivity index (χ1) is 9.11. The molecule has 0 bridgehead atoms. The first kappa shape index (κ1) is 13.7. The van der Waals surface area contributed by atoms with Gasteiger partial charge in [-0.15, -0.1) is 0 Å². The number of hydrogen-bond donors (Lipinski definition) is 1. The van der Waals surface area contributed by atoms with Crippen molar-refractivity contribution in [2.24, 2.45) is 5.73 Å². The molecule has 1 aromatic rings. The van der Waals surface area contributed by atoms with E-state index in [2.05, 4.69) is 0 Å². The Morgan fingerprint density at radius 3 is 2.95 bits per heavy atom. The molecule has 0 radical (unpaired) electrons. The van der Waals surface area contributed by atoms with Crippen molar-refractivity contribution in [1.29, 1.82) is 0 Å². The molecule has 102 valence electrons. The van der Waals surface area contributed by atoms with Crippen LogP contribution >= 0.6 is 0 Å². The van der Waals surface area contributed by atoms with Gasteiger partial charge in [0.2, 0.25) is 5.91 Å². The Bertz CT molecular complexity index is 487. The highest BCUT2D eigenvalue weighted by Crippen LogP contribution is 2.27. The van der Waals surface area contributed by atoms with E-state index in [1.807, 2.05) is 13.0 Å². The fourth-order valence-electron chi connectivity index (χ4n) is 2.58. The van der Waals surface area contributed by atoms with Crippen molar-refractivity contribution >= 4 is 5.91 Å². The lowest BCUT2D eigenvalue weighted by Gasteiger charge is -2.36. The Morgan fingerprint density at radius 1 is 1.53 bits per heavy atom. The highest BCUT2D eigenvalue weighted by Gasteiger charge is 2.29. The lowest BCUT2D eigenvalue weighted by molar-refractivity contribution is -0.127. The van der Waals surface area contributed by atoms with Crippen molar-refractivity contribution in [2.45, 2.75) is 25.3 Å². The van der Waals surface area contributed by atoms with Crippen LogP contribution in [0.15, 0.2) is 36.4 Å². The first-order valence-corrected chi connectivity index (χ1v) is 6.54. The van der Waals surface area contributed by atoms with Gasteiger partial charge in [0.1, 0.15) is 5.82 Å². The summed E-state index contributed by atoms with van der Waals surface area (Å²) in [6, 6.07) is 6.42. The van der Waals surface area contributed by atoms with Gasteiger partial charge in [-0.05, 0) is 37.1 Å². The van der Waals surface area contributed by atoms with Crippen LogP contribution < -0.4 is 5.73 Å². The second kappa shape index (κ2) is 5.97. The van der Waals surface area contributed by atoms with Crippen LogP contribution in [0.1, 0.15) is 24.8 Å². The quantitative estimate of drug-likeness (QED) is 0.829. The fourth-order valence-corrected chi connectivity index (χ4v) is 2.58. The van der Waals surface area contributed by atoms with Crippen LogP contribution in [0.5, 0.6) is 0 Å². The minimum atomic E-state index is -0.239. The standard InChI is InChI=1S/C15H19FN2O/c1-2-4-15(19)18-8-7-13(14(17)10-18)11-5-3-6-12(16)9-11/h2-6,9,13-14H,7-8,10,17H2,1H3/b4-2+. The van der Waals surface area contributed by atoms with Gasteiger partial charge in [0.15, 0.2) is 0 Å². The molecule has 2 unspecified atom stereocenters. The molecule has 2 rings (SSSR count). The number of amides is 1. The van der Waals surface area contributed by atoms with Gasteiger partial charge in [-0.2, -0.15) is 0 Å². The number of nitrogens with two attached hydrogens (primary N) is 1. The monoisotopic (exact) mass is 262 g/mol. The van der Waals surface area contributed by atoms with Gasteiger partial charge in [0, 0.05) is 25.0 Å². The predicted molar refractivity (Wildman–Crippen MR) is 73.1 cm³/mol. The number of halogens is 1. The number of likely N-dealkylation sites (tertiary alicyclic amines) is 1. The van der Waals surface area contributed by atoms with Gasteiger partial charge < -0.3 is 10.6 Å². The number of piperidine rings is 1. The molecule has 1 aliphatic heterocycles. The predicted octanol–water partition coefficient (Wildman–Crippen LogP) is 2.04. The summed E-state index contributed by atoms with van der Waals surface area (Å²) in [7, 11) is 0. The van der Waals surface area contributed by atoms with Crippen LogP contribution in [-0.4, -0.2) is 29.9 Å². The van der Waals surface area contributed by atoms with Gasteiger partial charge in [-0.3, -0.25) is 4.79 Å². The summed E-state index contributed by atoms with van der Waals surface area (Å²) >= 11 is 0. The highest BCUT2D eigenvalue weighted by molar-refractivity contribution is 5.87. The van der Waals surface area contributed by atoms with E-state index in [4.69, 9.17) is 5.73 Å². The van der Waals surface area contributed by atoms with Gasteiger partial charge in [0.05, 0.1) is 0 Å². The molecule has 1 saturated heterocycles. The first-order valence-electron chi connectivity index (χ1n) is 6.54. The molecular weight excluding hydrogens is 243 g/mol. The van der Waals surface area contributed by atoms with E-state index in [1.165, 1.54) is 12.1 Å². The van der Waals surface area contributed by atoms with Crippen molar-refractivity contribution in [2.75, 3.05) is 13.1 Å². The molecule has 1 heterocycles. The summed E-state index contributed by atoms with van der Waals surface area (Å²) in [6.45, 7) is 3.00. The maximum Gasteiger partial charge on any atom is 0.246 e. The molecule has 1 fully saturated rings. The molecule has 2 N–H and O–H groups in total. The van der Waals surface area contributed by atoms with E-state index in [0.717, 1.165) is 12.0 Å². The van der Waals surface area contributed by atoms with E-state index < -0.39 is 0 Å². The molecule has 19 heavy (non-hydrogen) atoms. The molecule has 1 amide bonds. The Morgan fingerprint density at radius 2 is 2.32 bits per heavy atom. The zero-order valence-electron chi connectivity index (χ0n) is 11.1. The van der Waals surface area contributed by atoms with E-state index >= 15 is 0 Å². The maximum atomic E-state index is 13.2. The zero-order valence-corrected chi connectivity index (χ0v) is 11.1. The number of rotatable bonds is 2. The van der Waals surface area contributed by atoms with Crippen molar-refractivity contribution < 1.29 is 9.18 Å². The molecule has 0 spiro atoms. The van der Waals surface area contributed by atoms with Crippen LogP contribution in [0.4, 0.5) is 4.39 Å². The number of allylic oxidation sites excluding steroid dienone is 1. The van der Waals surface area contributed by atoms with Crippen LogP contribution in [0, 0.1) is 5.82 Å². The molecule has 1 aliphatic rings. The minimum Gasteiger partial charge on any atom is -0.338 e. The van der Waals surface area contributed by atoms with E-state index in [0.29, 0.717) is 13.1 Å². The van der Waals surface area contributed by atoms with Crippen molar-refractivity contribution in [3.05, 3.63) is 47.8 Å². The lowest BCUT2D eigenvalue weighted by atomic mass is 9.85. The SMILES string of the molecule is C/C=C/C(=O)N1CCC(c2cccc(F)c2)C(N)C1. The number of benzene rings is 1. The van der Waals surface area contributed by atoms with Crippen LogP contribution in [0.2, 0.25) is 0 Å². The minimum absolute atomic E-state index is 0.00403. The van der Waals surface area contributed by atoms with Crippen molar-refractivity contribution in [1.82, 2.24) is 4.90 Å². The highest BCUT2D eigenvalue weighted by atomic mass is 19.1. The molecule has 4 heteroatoms. The van der Waals surface area contributed by atoms with E-state index in [9.17, 15) is 9.18 Å². The number of carbonyl (C=O) groups is 1. The Balaban J connectivity index is 2.07. The Hall–Kier alpha value is -1.68. The Labute approximate surface area is 112 Å². The van der Waals surface area contributed by atoms with E-state index in [1.54, 1.807) is 23.1 Å². The summed E-state index contributed by atoms with van der Waals surface area (Å²) in [5.41, 5.74) is 7.07. The fraction of sp³-hybridized carbons (Fsp3) is 0.400. The third-order valence-corrected chi connectivity index (χ3v) is 3.56. The molecule has 2 atom stereocenters. The second-order valence-electron chi connectivity index (χ2n) is 4.90. The summed E-state index contributed by atoms with van der Waals surface area (Å²) in [4.78, 5) is 13.5. The topological polar surface area (TPSA) is 46.3 Å². The molecule has 0 aromatic heterocycles. The van der Waals surface area contributed by atoms with Gasteiger partial charge >= 0.3 is 0 Å². The third kappa shape index (κ3) is 3.20. The van der Waals surface area contributed by atoms with Gasteiger partial charge in [-0.1, -0.05) is 18.2 Å². The van der Waals surface area contributed by atoms with Gasteiger partial charge in [-0.25, -0.2) is 4.39 Å². The zero-order chi connectivity index (χ0) is 13.8. The van der Waals surface area contributed by atoms with Crippen LogP contribution in [-0.2, 0) is 4.79 Å². The molecule has 0 aliphatic carbocycles. The van der Waals surface area contributed by atoms with Crippen molar-refractivity contribution in [3.63, 3.8) is 0 Å². The normalized spacial score (nSPS) is 23.8. The summed E-state index contributed by atoms with van der Waals surface area (Å²) in [5, 5.41) is 0. The number of carbonyl (C=O) groups excluding carboxylic acids is 1. The summed E-state index contributed by atoms with van der Waals surface area (Å²) in [6.07, 6.45) is 4.05. The largest absolute Gasteiger partial charge is 0.338 e. The average molecular weight is 262 g/mol. The van der Waals surface area contributed by atoms with Crippen LogP contribution in [0.3, 0.4) is 0 Å². The van der Waals surface area contributed by atoms with E-state index in [-0.39, 0.29) is 23.7 Å². The number of hydrogen-bond acceptors (Lipinski definition) is 2. The summed E-state index contributed by atoms with van der Waals surface area (Å²) in [5.74, 6) is -0.127. The van der Waals surface area contributed by atoms with Gasteiger partial charge in [0.25, 0.3) is 0 Å². The third-order valence-electron chi connectivity index (χ3n) is 3.56. The summed E-state index contributed by atoms with van der Waals surface area (Å²) < 4.78 is 13.2. The van der Waals surface area contributed by atoms with Crippen molar-refractivity contribution in [3.8, 4) is 0 Å². The molecule has 1 aromatic carbocycles.